The molecule has 2 aromatic heterocycles. The average molecular weight is 507 g/mol. The van der Waals surface area contributed by atoms with Gasteiger partial charge in [0.05, 0.1) is 29.8 Å². The van der Waals surface area contributed by atoms with Gasteiger partial charge < -0.3 is 10.2 Å². The summed E-state index contributed by atoms with van der Waals surface area (Å²) in [4.78, 5) is 34.2. The molecule has 7 nitrogen and oxygen atoms in total. The molecule has 3 amide bonds. The molecular weight excluding hydrogens is 487 g/mol. The van der Waals surface area contributed by atoms with Crippen LogP contribution in [0.25, 0.3) is 0 Å². The van der Waals surface area contributed by atoms with Gasteiger partial charge in [-0.2, -0.15) is 26.3 Å². The summed E-state index contributed by atoms with van der Waals surface area (Å²) < 4.78 is 90.7. The number of carbonyl (C=O) groups excluding carboxylic acids is 2. The van der Waals surface area contributed by atoms with Crippen LogP contribution in [0.15, 0.2) is 36.7 Å². The van der Waals surface area contributed by atoms with Crippen molar-refractivity contribution in [1.82, 2.24) is 14.9 Å². The first kappa shape index (κ1) is 26.2. The number of halogens is 7. The van der Waals surface area contributed by atoms with Crippen LogP contribution in [0.1, 0.15) is 31.7 Å². The van der Waals surface area contributed by atoms with E-state index in [9.17, 15) is 40.3 Å². The third-order valence-electron chi connectivity index (χ3n) is 5.03. The first-order valence-electron chi connectivity index (χ1n) is 10.2. The van der Waals surface area contributed by atoms with Gasteiger partial charge in [-0.1, -0.05) is 0 Å². The van der Waals surface area contributed by atoms with Crippen molar-refractivity contribution in [2.75, 3.05) is 23.3 Å². The van der Waals surface area contributed by atoms with Crippen LogP contribution in [-0.2, 0) is 17.1 Å². The normalized spacial score (nSPS) is 17.2. The molecule has 0 radical (unpaired) electrons. The van der Waals surface area contributed by atoms with E-state index >= 15 is 0 Å². The lowest BCUT2D eigenvalue weighted by Crippen LogP contribution is -2.42. The van der Waals surface area contributed by atoms with E-state index in [0.29, 0.717) is 12.1 Å². The summed E-state index contributed by atoms with van der Waals surface area (Å²) in [5.74, 6) is -0.783. The van der Waals surface area contributed by atoms with E-state index in [0.717, 1.165) is 34.3 Å². The van der Waals surface area contributed by atoms with Crippen LogP contribution in [0, 0.1) is 0 Å². The van der Waals surface area contributed by atoms with E-state index in [1.807, 2.05) is 0 Å². The zero-order chi connectivity index (χ0) is 26.2. The van der Waals surface area contributed by atoms with Crippen LogP contribution in [0.4, 0.5) is 46.9 Å². The molecule has 1 N–H and O–H groups in total. The van der Waals surface area contributed by atoms with Gasteiger partial charge in [0.2, 0.25) is 5.91 Å². The Hall–Kier alpha value is -3.45. The van der Waals surface area contributed by atoms with Gasteiger partial charge in [0, 0.05) is 13.0 Å². The predicted molar refractivity (Wildman–Crippen MR) is 110 cm³/mol. The summed E-state index contributed by atoms with van der Waals surface area (Å²) in [6, 6.07) is 1.82. The molecule has 3 rings (SSSR count). The lowest BCUT2D eigenvalue weighted by atomic mass is 10.0. The third kappa shape index (κ3) is 6.57. The van der Waals surface area contributed by atoms with Crippen molar-refractivity contribution in [2.24, 2.45) is 0 Å². The molecule has 0 aliphatic carbocycles. The van der Waals surface area contributed by atoms with Gasteiger partial charge in [-0.15, -0.1) is 0 Å². The maximum Gasteiger partial charge on any atom is 0.433 e. The second-order valence-corrected chi connectivity index (χ2v) is 8.48. The van der Waals surface area contributed by atoms with Gasteiger partial charge in [0.25, 0.3) is 0 Å². The van der Waals surface area contributed by atoms with Crippen molar-refractivity contribution < 1.29 is 40.3 Å². The number of aromatic nitrogens is 2. The summed E-state index contributed by atoms with van der Waals surface area (Å²) in [6.45, 7) is 1.84. The van der Waals surface area contributed by atoms with Crippen molar-refractivity contribution >= 4 is 23.3 Å². The Labute approximate surface area is 194 Å². The van der Waals surface area contributed by atoms with Crippen LogP contribution in [0.2, 0.25) is 0 Å². The topological polar surface area (TPSA) is 78.4 Å². The summed E-state index contributed by atoms with van der Waals surface area (Å²) in [7, 11) is 0. The van der Waals surface area contributed by atoms with Crippen LogP contribution in [0.5, 0.6) is 0 Å². The van der Waals surface area contributed by atoms with Crippen molar-refractivity contribution in [1.29, 1.82) is 0 Å². The van der Waals surface area contributed by atoms with E-state index in [2.05, 4.69) is 15.3 Å². The molecule has 1 fully saturated rings. The number of anilines is 2. The second-order valence-electron chi connectivity index (χ2n) is 8.48. The molecule has 1 aliphatic rings. The van der Waals surface area contributed by atoms with E-state index in [-0.39, 0.29) is 24.3 Å². The van der Waals surface area contributed by atoms with Gasteiger partial charge >= 0.3 is 18.4 Å². The Morgan fingerprint density at radius 2 is 1.54 bits per heavy atom. The average Bonchev–Trinajstić information content (AvgIpc) is 3.01. The number of alkyl halides is 7. The van der Waals surface area contributed by atoms with Gasteiger partial charge in [0.1, 0.15) is 23.6 Å². The van der Waals surface area contributed by atoms with E-state index in [1.165, 1.54) is 13.8 Å². The fraction of sp³-hybridized carbons (Fsp3) is 0.429. The van der Waals surface area contributed by atoms with Crippen molar-refractivity contribution in [3.63, 3.8) is 0 Å². The van der Waals surface area contributed by atoms with Gasteiger partial charge in [-0.25, -0.2) is 19.2 Å². The minimum Gasteiger partial charge on any atom is -0.323 e. The zero-order valence-corrected chi connectivity index (χ0v) is 18.4. The maximum absolute atomic E-state index is 14.4. The van der Waals surface area contributed by atoms with Crippen LogP contribution in [-0.4, -0.2) is 51.6 Å². The number of urea groups is 1. The standard InChI is InChI=1S/C21H20F7N5O2/c1-19(2,22)7-14-10-32(13-4-6-16(30-9-13)21(26,27)28)18(35)33(14)11-17(34)31-12-3-5-15(29-8-12)20(23,24)25/h3-6,8-9,14H,7,10-11H2,1-2H3,(H,31,34)/t14-/m0/s1. The molecule has 0 bridgehead atoms. The highest BCUT2D eigenvalue weighted by molar-refractivity contribution is 5.99. The molecule has 35 heavy (non-hydrogen) atoms. The largest absolute Gasteiger partial charge is 0.433 e. The Bertz CT molecular complexity index is 1060. The van der Waals surface area contributed by atoms with Gasteiger partial charge in [0.15, 0.2) is 0 Å². The monoisotopic (exact) mass is 507 g/mol. The SMILES string of the molecule is CC(C)(F)C[C@H]1CN(c2ccc(C(F)(F)F)nc2)C(=O)N1CC(=O)Nc1ccc(C(F)(F)F)nc1. The summed E-state index contributed by atoms with van der Waals surface area (Å²) >= 11 is 0. The van der Waals surface area contributed by atoms with Crippen LogP contribution in [0.3, 0.4) is 0 Å². The summed E-state index contributed by atoms with van der Waals surface area (Å²) in [5.41, 5.74) is -4.09. The third-order valence-corrected chi connectivity index (χ3v) is 5.03. The summed E-state index contributed by atoms with van der Waals surface area (Å²) in [6.07, 6.45) is -7.86. The lowest BCUT2D eigenvalue weighted by molar-refractivity contribution is -0.141. The number of hydrogen-bond donors (Lipinski definition) is 1. The van der Waals surface area contributed by atoms with Gasteiger partial charge in [-0.05, 0) is 38.1 Å². The van der Waals surface area contributed by atoms with Crippen LogP contribution < -0.4 is 10.2 Å². The van der Waals surface area contributed by atoms with Crippen molar-refractivity contribution in [3.8, 4) is 0 Å². The molecule has 0 saturated carbocycles. The molecule has 0 unspecified atom stereocenters. The van der Waals surface area contributed by atoms with Crippen LogP contribution >= 0.6 is 0 Å². The fourth-order valence-corrected chi connectivity index (χ4v) is 3.55. The van der Waals surface area contributed by atoms with E-state index < -0.39 is 53.9 Å². The van der Waals surface area contributed by atoms with Crippen molar-refractivity contribution in [3.05, 3.63) is 48.0 Å². The Balaban J connectivity index is 1.76. The van der Waals surface area contributed by atoms with Crippen molar-refractivity contribution in [2.45, 2.75) is 44.3 Å². The Kier molecular flexibility index (Phi) is 6.95. The van der Waals surface area contributed by atoms with E-state index in [1.54, 1.807) is 0 Å². The zero-order valence-electron chi connectivity index (χ0n) is 18.4. The number of amides is 3. The minimum absolute atomic E-state index is 0.0273. The fourth-order valence-electron chi connectivity index (χ4n) is 3.55. The highest BCUT2D eigenvalue weighted by Gasteiger charge is 2.42. The molecule has 2 aromatic rings. The highest BCUT2D eigenvalue weighted by Crippen LogP contribution is 2.32. The quantitative estimate of drug-likeness (QED) is 0.565. The number of rotatable bonds is 6. The number of hydrogen-bond acceptors (Lipinski definition) is 4. The second kappa shape index (κ2) is 9.30. The molecule has 0 aromatic carbocycles. The maximum atomic E-state index is 14.4. The lowest BCUT2D eigenvalue weighted by Gasteiger charge is -2.26. The molecule has 1 aliphatic heterocycles. The van der Waals surface area contributed by atoms with E-state index in [4.69, 9.17) is 0 Å². The molecule has 3 heterocycles. The predicted octanol–water partition coefficient (Wildman–Crippen LogP) is 4.90. The number of nitrogens with one attached hydrogen (secondary N) is 1. The van der Waals surface area contributed by atoms with Gasteiger partial charge in [-0.3, -0.25) is 9.69 Å². The summed E-state index contributed by atoms with van der Waals surface area (Å²) in [5, 5.41) is 2.32. The number of carbonyl (C=O) groups is 2. The first-order valence-corrected chi connectivity index (χ1v) is 10.2. The Morgan fingerprint density at radius 3 is 2.00 bits per heavy atom. The first-order chi connectivity index (χ1) is 16.0. The molecule has 0 spiro atoms. The molecule has 190 valence electrons. The highest BCUT2D eigenvalue weighted by atomic mass is 19.4. The molecule has 1 atom stereocenters. The molecule has 14 heteroatoms. The number of nitrogens with zero attached hydrogens (tertiary/aromatic N) is 4. The molecular formula is C21H20F7N5O2. The molecule has 1 saturated heterocycles. The Morgan fingerprint density at radius 1 is 0.971 bits per heavy atom. The number of pyridine rings is 2. The minimum atomic E-state index is -4.67. The smallest absolute Gasteiger partial charge is 0.323 e.